The fourth-order valence-electron chi connectivity index (χ4n) is 6.53. The maximum atomic E-state index is 15.8. The second-order valence-electron chi connectivity index (χ2n) is 13.3. The molecule has 0 aliphatic carbocycles. The van der Waals surface area contributed by atoms with Crippen molar-refractivity contribution in [2.75, 3.05) is 59.3 Å². The van der Waals surface area contributed by atoms with Crippen LogP contribution in [0.15, 0.2) is 84.8 Å². The molecule has 57 heavy (non-hydrogen) atoms. The van der Waals surface area contributed by atoms with Crippen molar-refractivity contribution in [3.63, 3.8) is 0 Å². The molecule has 3 heterocycles. The Morgan fingerprint density at radius 2 is 1.81 bits per heavy atom. The zero-order valence-corrected chi connectivity index (χ0v) is 31.9. The van der Waals surface area contributed by atoms with E-state index in [0.29, 0.717) is 42.1 Å². The highest BCUT2D eigenvalue weighted by Gasteiger charge is 2.47. The maximum Gasteiger partial charge on any atom is 0.512 e. The molecule has 0 unspecified atom stereocenters. The number of aliphatic hydroxyl groups excluding tert-OH is 1. The highest BCUT2D eigenvalue weighted by molar-refractivity contribution is 7.10. The summed E-state index contributed by atoms with van der Waals surface area (Å²) in [7, 11) is 0. The number of hydrogen-bond donors (Lipinski definition) is 1. The fourth-order valence-corrected chi connectivity index (χ4v) is 7.50. The first-order valence-corrected chi connectivity index (χ1v) is 19.0. The standard InChI is InChI=1S/C40H41F2N7O7S/c1-28(37-46-36(23-57-37)31-7-5-29(21-43)6-8-31)40(24-49-26-44-25-45-49,34-10-9-33(41)20-35(34)42)56-39(52)55-27-54-38(51)32-4-2-3-30(19-32)22-48-13-11-47(12-14-48)15-17-53-18-16-50/h2-10,19-20,23,25-26,28,50H,11-18,22,24,27H2,1H3/t28-,40+/m0/s1. The van der Waals surface area contributed by atoms with Crippen molar-refractivity contribution in [3.8, 4) is 17.3 Å². The monoisotopic (exact) mass is 801 g/mol. The molecule has 0 bridgehead atoms. The number of carbonyl (C=O) groups excluding carboxylic acids is 2. The van der Waals surface area contributed by atoms with Crippen LogP contribution in [0.5, 0.6) is 0 Å². The Hall–Kier alpha value is -5.64. The molecule has 3 aromatic carbocycles. The minimum atomic E-state index is -1.93. The molecular weight excluding hydrogens is 761 g/mol. The van der Waals surface area contributed by atoms with Crippen LogP contribution in [0.3, 0.4) is 0 Å². The number of esters is 1. The first-order chi connectivity index (χ1) is 27.7. The van der Waals surface area contributed by atoms with Crippen molar-refractivity contribution in [1.82, 2.24) is 29.5 Å². The van der Waals surface area contributed by atoms with Gasteiger partial charge in [0, 0.05) is 61.8 Å². The van der Waals surface area contributed by atoms with E-state index in [4.69, 9.17) is 29.0 Å². The van der Waals surface area contributed by atoms with Crippen LogP contribution in [0.4, 0.5) is 13.6 Å². The summed E-state index contributed by atoms with van der Waals surface area (Å²) in [6.45, 7) is 6.32. The van der Waals surface area contributed by atoms with E-state index in [1.807, 2.05) is 6.07 Å². The van der Waals surface area contributed by atoms with Gasteiger partial charge in [-0.1, -0.05) is 31.2 Å². The average Bonchev–Trinajstić information content (AvgIpc) is 3.93. The summed E-state index contributed by atoms with van der Waals surface area (Å²) in [5.74, 6) is -3.45. The number of carbonyl (C=O) groups is 2. The number of rotatable bonds is 17. The van der Waals surface area contributed by atoms with Crippen molar-refractivity contribution in [2.45, 2.75) is 31.5 Å². The van der Waals surface area contributed by atoms with Gasteiger partial charge in [0.2, 0.25) is 6.79 Å². The molecule has 0 amide bonds. The minimum Gasteiger partial charge on any atom is -0.424 e. The van der Waals surface area contributed by atoms with Crippen LogP contribution in [0.2, 0.25) is 0 Å². The quantitative estimate of drug-likeness (QED) is 0.0728. The van der Waals surface area contributed by atoms with Gasteiger partial charge in [0.15, 0.2) is 5.60 Å². The third-order valence-corrected chi connectivity index (χ3v) is 10.6. The van der Waals surface area contributed by atoms with Crippen molar-refractivity contribution in [2.24, 2.45) is 0 Å². The van der Waals surface area contributed by atoms with E-state index in [1.54, 1.807) is 54.8 Å². The molecule has 0 radical (unpaired) electrons. The second kappa shape index (κ2) is 19.5. The molecular formula is C40H41F2N7O7S. The number of nitrogens with zero attached hydrogens (tertiary/aromatic N) is 7. The second-order valence-corrected chi connectivity index (χ2v) is 14.2. The van der Waals surface area contributed by atoms with Crippen LogP contribution in [0, 0.1) is 23.0 Å². The zero-order valence-electron chi connectivity index (χ0n) is 31.1. The Morgan fingerprint density at radius 3 is 2.53 bits per heavy atom. The maximum absolute atomic E-state index is 15.8. The van der Waals surface area contributed by atoms with E-state index in [-0.39, 0.29) is 24.3 Å². The Balaban J connectivity index is 1.14. The number of nitriles is 1. The largest absolute Gasteiger partial charge is 0.512 e. The molecule has 1 N–H and O–H groups in total. The van der Waals surface area contributed by atoms with E-state index in [9.17, 15) is 19.2 Å². The zero-order chi connectivity index (χ0) is 40.2. The molecule has 1 aliphatic heterocycles. The van der Waals surface area contributed by atoms with Gasteiger partial charge < -0.3 is 24.1 Å². The fraction of sp³-hybridized carbons (Fsp3) is 0.350. The van der Waals surface area contributed by atoms with E-state index < -0.39 is 42.1 Å². The van der Waals surface area contributed by atoms with Crippen molar-refractivity contribution in [3.05, 3.63) is 124 Å². The number of thiazole rings is 1. The lowest BCUT2D eigenvalue weighted by atomic mass is 9.81. The summed E-state index contributed by atoms with van der Waals surface area (Å²) >= 11 is 1.23. The molecule has 17 heteroatoms. The third-order valence-electron chi connectivity index (χ3n) is 9.61. The lowest BCUT2D eigenvalue weighted by Gasteiger charge is -2.37. The lowest BCUT2D eigenvalue weighted by Crippen LogP contribution is -2.46. The molecule has 1 aliphatic rings. The first kappa shape index (κ1) is 41.0. The van der Waals surface area contributed by atoms with Crippen LogP contribution in [-0.4, -0.2) is 106 Å². The molecule has 5 aromatic rings. The van der Waals surface area contributed by atoms with E-state index in [2.05, 4.69) is 26.0 Å². The first-order valence-electron chi connectivity index (χ1n) is 18.2. The predicted molar refractivity (Wildman–Crippen MR) is 203 cm³/mol. The van der Waals surface area contributed by atoms with Gasteiger partial charge in [-0.25, -0.2) is 33.0 Å². The van der Waals surface area contributed by atoms with E-state index >= 15 is 4.39 Å². The summed E-state index contributed by atoms with van der Waals surface area (Å²) in [5.41, 5.74) is 0.823. The highest BCUT2D eigenvalue weighted by atomic mass is 32.1. The molecule has 14 nitrogen and oxygen atoms in total. The van der Waals surface area contributed by atoms with Crippen molar-refractivity contribution >= 4 is 23.5 Å². The molecule has 6 rings (SSSR count). The van der Waals surface area contributed by atoms with Crippen LogP contribution in [0.1, 0.15) is 44.9 Å². The number of aromatic nitrogens is 4. The molecule has 1 fully saturated rings. The summed E-state index contributed by atoms with van der Waals surface area (Å²) in [6.07, 6.45) is 1.32. The van der Waals surface area contributed by atoms with Gasteiger partial charge in [-0.05, 0) is 42.0 Å². The third kappa shape index (κ3) is 10.6. The molecule has 2 aromatic heterocycles. The van der Waals surface area contributed by atoms with Crippen LogP contribution < -0.4 is 0 Å². The van der Waals surface area contributed by atoms with E-state index in [1.165, 1.54) is 34.7 Å². The number of benzene rings is 3. The molecule has 0 saturated carbocycles. The number of ether oxygens (including phenoxy) is 4. The topological polar surface area (TPSA) is 165 Å². The van der Waals surface area contributed by atoms with Gasteiger partial charge >= 0.3 is 12.1 Å². The van der Waals surface area contributed by atoms with Gasteiger partial charge in [0.25, 0.3) is 0 Å². The van der Waals surface area contributed by atoms with Gasteiger partial charge in [0.05, 0.1) is 55.2 Å². The number of piperazine rings is 1. The molecule has 0 spiro atoms. The summed E-state index contributed by atoms with van der Waals surface area (Å²) in [4.78, 5) is 39.9. The van der Waals surface area contributed by atoms with E-state index in [0.717, 1.165) is 49.9 Å². The highest BCUT2D eigenvalue weighted by Crippen LogP contribution is 2.45. The smallest absolute Gasteiger partial charge is 0.424 e. The minimum absolute atomic E-state index is 0.00608. The van der Waals surface area contributed by atoms with Crippen molar-refractivity contribution < 1.29 is 42.4 Å². The van der Waals surface area contributed by atoms with Gasteiger partial charge in [0.1, 0.15) is 29.3 Å². The van der Waals surface area contributed by atoms with Crippen molar-refractivity contribution in [1.29, 1.82) is 5.26 Å². The SMILES string of the molecule is C[C@@H](c1nc(-c2ccc(C#N)cc2)cs1)[C@@](Cn1cncn1)(OC(=O)OCOC(=O)c1cccc(CN2CCN(CCOCCO)CC2)c1)c1ccc(F)cc1F. The molecule has 1 saturated heterocycles. The number of hydrogen-bond acceptors (Lipinski definition) is 14. The Bertz CT molecular complexity index is 2140. The van der Waals surface area contributed by atoms with Crippen LogP contribution in [-0.2, 0) is 37.6 Å². The molecule has 298 valence electrons. The lowest BCUT2D eigenvalue weighted by molar-refractivity contribution is -0.0882. The predicted octanol–water partition coefficient (Wildman–Crippen LogP) is 5.34. The Labute approximate surface area is 331 Å². The van der Waals surface area contributed by atoms with Gasteiger partial charge in [-0.2, -0.15) is 10.4 Å². The number of aliphatic hydroxyl groups is 1. The van der Waals surface area contributed by atoms with Gasteiger partial charge in [-0.15, -0.1) is 11.3 Å². The normalized spacial score (nSPS) is 15.0. The van der Waals surface area contributed by atoms with Crippen LogP contribution in [0.25, 0.3) is 11.3 Å². The Morgan fingerprint density at radius 1 is 1.02 bits per heavy atom. The number of halogens is 2. The summed E-state index contributed by atoms with van der Waals surface area (Å²) in [5, 5.41) is 24.4. The average molecular weight is 802 g/mol. The van der Waals surface area contributed by atoms with Gasteiger partial charge in [-0.3, -0.25) is 9.80 Å². The summed E-state index contributed by atoms with van der Waals surface area (Å²) < 4.78 is 53.3. The Kier molecular flexibility index (Phi) is 14.0. The molecule has 2 atom stereocenters. The summed E-state index contributed by atoms with van der Waals surface area (Å²) in [6, 6.07) is 18.8. The van der Waals surface area contributed by atoms with Crippen LogP contribution >= 0.6 is 11.3 Å².